The summed E-state index contributed by atoms with van der Waals surface area (Å²) in [6.07, 6.45) is 1.80. The second kappa shape index (κ2) is 9.25. The molecule has 0 aliphatic heterocycles. The van der Waals surface area contributed by atoms with Crippen LogP contribution in [0.15, 0.2) is 35.8 Å². The summed E-state index contributed by atoms with van der Waals surface area (Å²) in [4.78, 5) is 6.59. The van der Waals surface area contributed by atoms with Crippen LogP contribution in [-0.4, -0.2) is 50.0 Å². The van der Waals surface area contributed by atoms with Crippen molar-refractivity contribution in [3.8, 4) is 0 Å². The lowest BCUT2D eigenvalue weighted by molar-refractivity contribution is 0.297. The summed E-state index contributed by atoms with van der Waals surface area (Å²) in [7, 11) is 0. The normalized spacial score (nSPS) is 11.8. The first-order chi connectivity index (χ1) is 9.71. The quantitative estimate of drug-likeness (QED) is 0.445. The molecule has 1 aromatic carbocycles. The number of nitrogens with two attached hydrogens (primary N) is 3. The fourth-order valence-corrected chi connectivity index (χ4v) is 1.89. The van der Waals surface area contributed by atoms with Crippen LogP contribution in [0.2, 0.25) is 0 Å². The molecule has 1 rings (SSSR count). The summed E-state index contributed by atoms with van der Waals surface area (Å²) >= 11 is 0. The van der Waals surface area contributed by atoms with Crippen molar-refractivity contribution in [1.29, 1.82) is 0 Å². The first kappa shape index (κ1) is 16.4. The second-order valence-electron chi connectivity index (χ2n) is 4.51. The van der Waals surface area contributed by atoms with Gasteiger partial charge in [0, 0.05) is 38.3 Å². The molecule has 5 heteroatoms. The SMILES string of the molecule is C=Cc1ccc(C(N)=NCCN(CCN)CCN)cc1. The Morgan fingerprint density at radius 2 is 1.70 bits per heavy atom. The Morgan fingerprint density at radius 3 is 2.20 bits per heavy atom. The number of aliphatic imine (C=N–C) groups is 1. The lowest BCUT2D eigenvalue weighted by Crippen LogP contribution is -2.36. The zero-order chi connectivity index (χ0) is 14.8. The highest BCUT2D eigenvalue weighted by molar-refractivity contribution is 5.97. The molecule has 0 aliphatic rings. The zero-order valence-electron chi connectivity index (χ0n) is 12.0. The number of rotatable bonds is 9. The molecule has 20 heavy (non-hydrogen) atoms. The summed E-state index contributed by atoms with van der Waals surface area (Å²) in [5.41, 5.74) is 19.1. The van der Waals surface area contributed by atoms with E-state index in [4.69, 9.17) is 17.2 Å². The Hall–Kier alpha value is -1.69. The largest absolute Gasteiger partial charge is 0.384 e. The number of nitrogens with zero attached hydrogens (tertiary/aromatic N) is 2. The van der Waals surface area contributed by atoms with E-state index in [0.717, 1.165) is 30.8 Å². The van der Waals surface area contributed by atoms with Crippen molar-refractivity contribution in [3.05, 3.63) is 42.0 Å². The van der Waals surface area contributed by atoms with Crippen molar-refractivity contribution >= 4 is 11.9 Å². The molecule has 1 aromatic rings. The van der Waals surface area contributed by atoms with Crippen molar-refractivity contribution in [1.82, 2.24) is 4.90 Å². The smallest absolute Gasteiger partial charge is 0.125 e. The molecule has 0 saturated carbocycles. The monoisotopic (exact) mass is 275 g/mol. The number of benzene rings is 1. The predicted molar refractivity (Wildman–Crippen MR) is 86.7 cm³/mol. The zero-order valence-corrected chi connectivity index (χ0v) is 12.0. The minimum atomic E-state index is 0.557. The lowest BCUT2D eigenvalue weighted by atomic mass is 10.1. The van der Waals surface area contributed by atoms with E-state index in [1.807, 2.05) is 24.3 Å². The molecule has 0 atom stereocenters. The average Bonchev–Trinajstić information content (AvgIpc) is 2.47. The van der Waals surface area contributed by atoms with Crippen molar-refractivity contribution in [2.75, 3.05) is 39.3 Å². The predicted octanol–water partition coefficient (Wildman–Crippen LogP) is 0.254. The fourth-order valence-electron chi connectivity index (χ4n) is 1.89. The molecular formula is C15H25N5. The van der Waals surface area contributed by atoms with E-state index in [2.05, 4.69) is 16.5 Å². The highest BCUT2D eigenvalue weighted by Gasteiger charge is 2.02. The van der Waals surface area contributed by atoms with E-state index >= 15 is 0 Å². The molecule has 0 spiro atoms. The van der Waals surface area contributed by atoms with Crippen LogP contribution < -0.4 is 17.2 Å². The van der Waals surface area contributed by atoms with Gasteiger partial charge in [-0.25, -0.2) is 0 Å². The molecule has 0 amide bonds. The van der Waals surface area contributed by atoms with Crippen molar-refractivity contribution in [3.63, 3.8) is 0 Å². The Morgan fingerprint density at radius 1 is 1.10 bits per heavy atom. The lowest BCUT2D eigenvalue weighted by Gasteiger charge is -2.19. The van der Waals surface area contributed by atoms with Gasteiger partial charge in [-0.05, 0) is 5.56 Å². The van der Waals surface area contributed by atoms with Gasteiger partial charge < -0.3 is 17.2 Å². The van der Waals surface area contributed by atoms with E-state index < -0.39 is 0 Å². The number of hydrogen-bond acceptors (Lipinski definition) is 4. The molecule has 110 valence electrons. The van der Waals surface area contributed by atoms with E-state index in [-0.39, 0.29) is 0 Å². The molecule has 0 aliphatic carbocycles. The van der Waals surface area contributed by atoms with Gasteiger partial charge in [0.25, 0.3) is 0 Å². The van der Waals surface area contributed by atoms with Gasteiger partial charge in [0.05, 0.1) is 6.54 Å². The Bertz CT molecular complexity index is 418. The Kier molecular flexibility index (Phi) is 7.57. The van der Waals surface area contributed by atoms with E-state index in [1.54, 1.807) is 6.08 Å². The third-order valence-electron chi connectivity index (χ3n) is 3.03. The van der Waals surface area contributed by atoms with Crippen LogP contribution in [0, 0.1) is 0 Å². The van der Waals surface area contributed by atoms with E-state index in [0.29, 0.717) is 25.5 Å². The van der Waals surface area contributed by atoms with Crippen LogP contribution in [0.3, 0.4) is 0 Å². The van der Waals surface area contributed by atoms with Crippen LogP contribution >= 0.6 is 0 Å². The molecule has 6 N–H and O–H groups in total. The standard InChI is InChI=1S/C15H25N5/c1-2-13-3-5-14(6-4-13)15(18)19-9-12-20(10-7-16)11-8-17/h2-6H,1,7-12,16-17H2,(H2,18,19). The molecule has 0 heterocycles. The van der Waals surface area contributed by atoms with Gasteiger partial charge in [-0.3, -0.25) is 9.89 Å². The third-order valence-corrected chi connectivity index (χ3v) is 3.03. The van der Waals surface area contributed by atoms with E-state index in [1.165, 1.54) is 0 Å². The van der Waals surface area contributed by atoms with Crippen LogP contribution in [0.4, 0.5) is 0 Å². The molecule has 0 radical (unpaired) electrons. The van der Waals surface area contributed by atoms with Gasteiger partial charge in [-0.1, -0.05) is 36.9 Å². The maximum absolute atomic E-state index is 5.98. The fraction of sp³-hybridized carbons (Fsp3) is 0.400. The van der Waals surface area contributed by atoms with Gasteiger partial charge in [-0.15, -0.1) is 0 Å². The average molecular weight is 275 g/mol. The topological polar surface area (TPSA) is 93.7 Å². The summed E-state index contributed by atoms with van der Waals surface area (Å²) in [5, 5.41) is 0. The maximum Gasteiger partial charge on any atom is 0.125 e. The third kappa shape index (κ3) is 5.52. The molecule has 5 nitrogen and oxygen atoms in total. The van der Waals surface area contributed by atoms with Crippen LogP contribution in [-0.2, 0) is 0 Å². The first-order valence-corrected chi connectivity index (χ1v) is 6.86. The summed E-state index contributed by atoms with van der Waals surface area (Å²) < 4.78 is 0. The Balaban J connectivity index is 2.52. The molecule has 0 bridgehead atoms. The first-order valence-electron chi connectivity index (χ1n) is 6.86. The summed E-state index contributed by atoms with van der Waals surface area (Å²) in [6.45, 7) is 8.11. The molecule has 0 unspecified atom stereocenters. The molecule has 0 fully saturated rings. The van der Waals surface area contributed by atoms with E-state index in [9.17, 15) is 0 Å². The molecule has 0 saturated heterocycles. The van der Waals surface area contributed by atoms with Gasteiger partial charge in [0.1, 0.15) is 5.84 Å². The summed E-state index contributed by atoms with van der Waals surface area (Å²) in [5.74, 6) is 0.557. The maximum atomic E-state index is 5.98. The van der Waals surface area contributed by atoms with Crippen LogP contribution in [0.1, 0.15) is 11.1 Å². The number of amidine groups is 1. The number of hydrogen-bond donors (Lipinski definition) is 3. The summed E-state index contributed by atoms with van der Waals surface area (Å²) in [6, 6.07) is 7.85. The van der Waals surface area contributed by atoms with Crippen LogP contribution in [0.25, 0.3) is 6.08 Å². The minimum Gasteiger partial charge on any atom is -0.384 e. The van der Waals surface area contributed by atoms with Gasteiger partial charge in [0.2, 0.25) is 0 Å². The van der Waals surface area contributed by atoms with Crippen molar-refractivity contribution in [2.24, 2.45) is 22.2 Å². The molecular weight excluding hydrogens is 250 g/mol. The van der Waals surface area contributed by atoms with Crippen molar-refractivity contribution < 1.29 is 0 Å². The minimum absolute atomic E-state index is 0.557. The Labute approximate surface area is 121 Å². The van der Waals surface area contributed by atoms with Gasteiger partial charge in [-0.2, -0.15) is 0 Å². The highest BCUT2D eigenvalue weighted by Crippen LogP contribution is 2.05. The van der Waals surface area contributed by atoms with Gasteiger partial charge >= 0.3 is 0 Å². The highest BCUT2D eigenvalue weighted by atomic mass is 15.1. The second-order valence-corrected chi connectivity index (χ2v) is 4.51. The van der Waals surface area contributed by atoms with Gasteiger partial charge in [0.15, 0.2) is 0 Å². The molecule has 0 aromatic heterocycles. The van der Waals surface area contributed by atoms with Crippen molar-refractivity contribution in [2.45, 2.75) is 0 Å². The van der Waals surface area contributed by atoms with Crippen LogP contribution in [0.5, 0.6) is 0 Å².